The summed E-state index contributed by atoms with van der Waals surface area (Å²) in [5, 5.41) is 35.4. The zero-order chi connectivity index (χ0) is 24.8. The van der Waals surface area contributed by atoms with E-state index in [4.69, 9.17) is 23.2 Å². The first-order chi connectivity index (χ1) is 16.2. The van der Waals surface area contributed by atoms with Crippen molar-refractivity contribution in [1.29, 1.82) is 0 Å². The molecule has 2 unspecified atom stereocenters. The van der Waals surface area contributed by atoms with Crippen molar-refractivity contribution in [1.82, 2.24) is 10.6 Å². The molecule has 2 aromatic carbocycles. The summed E-state index contributed by atoms with van der Waals surface area (Å²) in [7, 11) is 0. The van der Waals surface area contributed by atoms with Crippen LogP contribution in [0.5, 0.6) is 5.75 Å². The summed E-state index contributed by atoms with van der Waals surface area (Å²) < 4.78 is 0. The summed E-state index contributed by atoms with van der Waals surface area (Å²) in [5.74, 6) is -2.95. The number of rotatable bonds is 9. The van der Waals surface area contributed by atoms with Crippen molar-refractivity contribution in [3.63, 3.8) is 0 Å². The summed E-state index contributed by atoms with van der Waals surface area (Å²) in [6.45, 7) is 0. The number of aliphatic carboxylic acids is 1. The molecule has 34 heavy (non-hydrogen) atoms. The van der Waals surface area contributed by atoms with Gasteiger partial charge in [-0.3, -0.25) is 9.59 Å². The van der Waals surface area contributed by atoms with Crippen LogP contribution in [0.3, 0.4) is 0 Å². The maximum Gasteiger partial charge on any atom is 0.347 e. The van der Waals surface area contributed by atoms with E-state index in [2.05, 4.69) is 10.6 Å². The lowest BCUT2D eigenvalue weighted by Gasteiger charge is -2.17. The number of phenolic OH excluding ortho intramolecular Hbond substituents is 1. The van der Waals surface area contributed by atoms with Crippen LogP contribution >= 0.6 is 34.5 Å². The van der Waals surface area contributed by atoms with Crippen molar-refractivity contribution in [3.8, 4) is 5.75 Å². The van der Waals surface area contributed by atoms with E-state index in [0.29, 0.717) is 24.0 Å². The largest absolute Gasteiger partial charge is 0.508 e. The number of carboxylic acid groups (broad SMARTS) is 1. The van der Waals surface area contributed by atoms with Crippen LogP contribution < -0.4 is 10.6 Å². The van der Waals surface area contributed by atoms with Crippen LogP contribution in [-0.4, -0.2) is 39.3 Å². The Morgan fingerprint density at radius 2 is 1.65 bits per heavy atom. The van der Waals surface area contributed by atoms with Gasteiger partial charge in [-0.25, -0.2) is 4.79 Å². The molecule has 8 nitrogen and oxygen atoms in total. The lowest BCUT2D eigenvalue weighted by Crippen LogP contribution is -2.52. The van der Waals surface area contributed by atoms with E-state index in [1.807, 2.05) is 0 Å². The first kappa shape index (κ1) is 25.5. The second kappa shape index (κ2) is 11.3. The molecule has 0 aliphatic carbocycles. The number of thiophene rings is 1. The molecule has 1 aromatic heterocycles. The minimum atomic E-state index is -1.70. The van der Waals surface area contributed by atoms with Crippen LogP contribution in [0.1, 0.15) is 43.7 Å². The highest BCUT2D eigenvalue weighted by Gasteiger charge is 2.26. The zero-order valence-electron chi connectivity index (χ0n) is 17.5. The molecule has 5 N–H and O–H groups in total. The molecule has 0 spiro atoms. The van der Waals surface area contributed by atoms with E-state index in [0.717, 1.165) is 11.3 Å². The molecule has 0 aliphatic rings. The predicted molar refractivity (Wildman–Crippen MR) is 129 cm³/mol. The van der Waals surface area contributed by atoms with Crippen molar-refractivity contribution in [2.75, 3.05) is 0 Å². The third kappa shape index (κ3) is 6.48. The molecule has 0 fully saturated rings. The number of phenols is 1. The Labute approximate surface area is 208 Å². The van der Waals surface area contributed by atoms with Crippen LogP contribution in [0.15, 0.2) is 53.9 Å². The molecule has 0 aliphatic heterocycles. The van der Waals surface area contributed by atoms with Gasteiger partial charge in [0.25, 0.3) is 11.8 Å². The van der Waals surface area contributed by atoms with Gasteiger partial charge in [-0.15, -0.1) is 11.3 Å². The number of aliphatic hydroxyl groups excluding tert-OH is 1. The Hall–Kier alpha value is -3.11. The number of carboxylic acids is 1. The van der Waals surface area contributed by atoms with Gasteiger partial charge in [0.05, 0.1) is 26.6 Å². The Morgan fingerprint density at radius 3 is 2.24 bits per heavy atom. The minimum Gasteiger partial charge on any atom is -0.508 e. The Kier molecular flexibility index (Phi) is 8.51. The smallest absolute Gasteiger partial charge is 0.347 e. The lowest BCUT2D eigenvalue weighted by molar-refractivity contribution is -0.139. The normalized spacial score (nSPS) is 12.6. The molecular formula is C23H20Cl2N2O6S. The fraction of sp³-hybridized carbons (Fsp3) is 0.174. The van der Waals surface area contributed by atoms with E-state index in [-0.39, 0.29) is 26.2 Å². The predicted octanol–water partition coefficient (Wildman–Crippen LogP) is 4.00. The maximum absolute atomic E-state index is 12.7. The second-order valence-electron chi connectivity index (χ2n) is 7.28. The number of hydrogen-bond acceptors (Lipinski definition) is 6. The van der Waals surface area contributed by atoms with Crippen molar-refractivity contribution in [2.45, 2.75) is 25.1 Å². The molecule has 0 radical (unpaired) electrons. The van der Waals surface area contributed by atoms with E-state index >= 15 is 0 Å². The van der Waals surface area contributed by atoms with E-state index in [1.165, 1.54) is 30.3 Å². The van der Waals surface area contributed by atoms with Crippen LogP contribution in [0, 0.1) is 0 Å². The van der Waals surface area contributed by atoms with E-state index in [1.54, 1.807) is 23.6 Å². The van der Waals surface area contributed by atoms with Crippen molar-refractivity contribution in [2.24, 2.45) is 0 Å². The summed E-state index contributed by atoms with van der Waals surface area (Å²) >= 11 is 13.6. The van der Waals surface area contributed by atoms with Gasteiger partial charge in [0.15, 0.2) is 0 Å². The minimum absolute atomic E-state index is 0.0134. The summed E-state index contributed by atoms with van der Waals surface area (Å²) in [6, 6.07) is 12.4. The van der Waals surface area contributed by atoms with Gasteiger partial charge in [0.1, 0.15) is 5.75 Å². The number of carbonyl (C=O) groups is 3. The van der Waals surface area contributed by atoms with Gasteiger partial charge < -0.3 is 26.0 Å². The van der Waals surface area contributed by atoms with Crippen molar-refractivity contribution < 1.29 is 29.7 Å². The number of aliphatic hydroxyl groups is 1. The standard InChI is InChI=1S/C23H20Cl2N2O6S/c24-15-9-12(6-7-17(29)13-3-1-4-14(28)11-13)10-16(25)19(15)22(31)27-20(23(32)33)26-21(30)18-5-2-8-34-18/h1-5,8-11,17,20,28-29H,6-7H2,(H,26,30)(H,27,31)(H,32,33). The Bertz CT molecular complexity index is 1180. The molecule has 1 heterocycles. The third-order valence-corrected chi connectivity index (χ3v) is 6.30. The fourth-order valence-corrected chi connectivity index (χ4v) is 4.49. The number of benzene rings is 2. The van der Waals surface area contributed by atoms with Gasteiger partial charge >= 0.3 is 5.97 Å². The number of aromatic hydroxyl groups is 1. The van der Waals surface area contributed by atoms with Gasteiger partial charge in [-0.2, -0.15) is 0 Å². The van der Waals surface area contributed by atoms with Gasteiger partial charge in [0.2, 0.25) is 6.17 Å². The van der Waals surface area contributed by atoms with Crippen molar-refractivity contribution >= 4 is 52.3 Å². The van der Waals surface area contributed by atoms with Crippen LogP contribution in [0.2, 0.25) is 10.0 Å². The number of carbonyl (C=O) groups excluding carboxylic acids is 2. The van der Waals surface area contributed by atoms with Gasteiger partial charge in [-0.05, 0) is 59.7 Å². The molecule has 3 rings (SSSR count). The van der Waals surface area contributed by atoms with Gasteiger partial charge in [0, 0.05) is 0 Å². The van der Waals surface area contributed by atoms with Crippen molar-refractivity contribution in [3.05, 3.63) is 85.5 Å². The number of hydrogen-bond donors (Lipinski definition) is 5. The van der Waals surface area contributed by atoms with Gasteiger partial charge in [-0.1, -0.05) is 41.4 Å². The summed E-state index contributed by atoms with van der Waals surface area (Å²) in [6.07, 6.45) is -1.87. The lowest BCUT2D eigenvalue weighted by atomic mass is 10.00. The first-order valence-corrected chi connectivity index (χ1v) is 11.6. The molecule has 3 aromatic rings. The highest BCUT2D eigenvalue weighted by molar-refractivity contribution is 7.12. The number of aryl methyl sites for hydroxylation is 1. The molecular weight excluding hydrogens is 503 g/mol. The molecule has 2 amide bonds. The average Bonchev–Trinajstić information content (AvgIpc) is 3.31. The van der Waals surface area contributed by atoms with Crippen LogP contribution in [0.4, 0.5) is 0 Å². The maximum atomic E-state index is 12.7. The zero-order valence-corrected chi connectivity index (χ0v) is 19.8. The average molecular weight is 523 g/mol. The number of halogens is 2. The molecule has 0 saturated carbocycles. The summed E-state index contributed by atoms with van der Waals surface area (Å²) in [4.78, 5) is 36.7. The van der Waals surface area contributed by atoms with Crippen LogP contribution in [0.25, 0.3) is 0 Å². The molecule has 0 bridgehead atoms. The monoisotopic (exact) mass is 522 g/mol. The summed E-state index contributed by atoms with van der Waals surface area (Å²) in [5.41, 5.74) is 1.06. The molecule has 2 atom stereocenters. The molecule has 0 saturated heterocycles. The van der Waals surface area contributed by atoms with E-state index in [9.17, 15) is 29.7 Å². The SMILES string of the molecule is O=C(NC(NC(=O)c1c(Cl)cc(CCC(O)c2cccc(O)c2)cc1Cl)C(=O)O)c1cccs1. The number of nitrogens with one attached hydrogen (secondary N) is 2. The Balaban J connectivity index is 1.68. The first-order valence-electron chi connectivity index (χ1n) is 9.98. The highest BCUT2D eigenvalue weighted by atomic mass is 35.5. The quantitative estimate of drug-likeness (QED) is 0.269. The van der Waals surface area contributed by atoms with E-state index < -0.39 is 30.1 Å². The molecule has 11 heteroatoms. The second-order valence-corrected chi connectivity index (χ2v) is 9.04. The third-order valence-electron chi connectivity index (χ3n) is 4.83. The highest BCUT2D eigenvalue weighted by Crippen LogP contribution is 2.29. The Morgan fingerprint density at radius 1 is 0.971 bits per heavy atom. The fourth-order valence-electron chi connectivity index (χ4n) is 3.16. The molecule has 178 valence electrons. The van der Waals surface area contributed by atoms with Crippen LogP contribution in [-0.2, 0) is 11.2 Å². The number of amides is 2. The topological polar surface area (TPSA) is 136 Å².